The molecule has 7 heteroatoms. The Morgan fingerprint density at radius 3 is 2.79 bits per heavy atom. The van der Waals surface area contributed by atoms with Crippen LogP contribution >= 0.6 is 15.9 Å². The highest BCUT2D eigenvalue weighted by atomic mass is 79.9. The maximum atomic E-state index is 12.1. The zero-order chi connectivity index (χ0) is 14.0. The van der Waals surface area contributed by atoms with Crippen LogP contribution in [0.4, 0.5) is 0 Å². The van der Waals surface area contributed by atoms with Crippen molar-refractivity contribution in [3.63, 3.8) is 0 Å². The first kappa shape index (κ1) is 13.8. The first-order chi connectivity index (χ1) is 9.02. The quantitative estimate of drug-likeness (QED) is 0.929. The maximum Gasteiger partial charge on any atom is 0.270 e. The van der Waals surface area contributed by atoms with Gasteiger partial charge < -0.3 is 5.32 Å². The molecule has 2 aromatic rings. The number of amides is 1. The standard InChI is InChI=1S/C12H16BrN5O/c1-4-18-7-9(6-15-18)5-14-12(19)11-10(13)8(2)16-17(11)3/h6-7H,4-5H2,1-3H3,(H,14,19). The largest absolute Gasteiger partial charge is 0.346 e. The van der Waals surface area contributed by atoms with Gasteiger partial charge in [0.2, 0.25) is 0 Å². The lowest BCUT2D eigenvalue weighted by molar-refractivity contribution is 0.0940. The second-order valence-electron chi connectivity index (χ2n) is 4.26. The van der Waals surface area contributed by atoms with Gasteiger partial charge in [-0.05, 0) is 29.8 Å². The van der Waals surface area contributed by atoms with Crippen LogP contribution in [0.1, 0.15) is 28.7 Å². The molecular formula is C12H16BrN5O. The molecule has 0 aliphatic rings. The predicted octanol–water partition coefficient (Wildman–Crippen LogP) is 1.64. The molecule has 0 fully saturated rings. The first-order valence-corrected chi connectivity index (χ1v) is 6.80. The molecule has 0 bridgehead atoms. The molecule has 0 aliphatic carbocycles. The van der Waals surface area contributed by atoms with E-state index >= 15 is 0 Å². The summed E-state index contributed by atoms with van der Waals surface area (Å²) >= 11 is 3.38. The zero-order valence-electron chi connectivity index (χ0n) is 11.1. The van der Waals surface area contributed by atoms with Crippen molar-refractivity contribution in [3.05, 3.63) is 33.8 Å². The minimum atomic E-state index is -0.153. The zero-order valence-corrected chi connectivity index (χ0v) is 12.7. The topological polar surface area (TPSA) is 64.7 Å². The molecule has 19 heavy (non-hydrogen) atoms. The lowest BCUT2D eigenvalue weighted by atomic mass is 10.3. The van der Waals surface area contributed by atoms with Crippen LogP contribution in [-0.4, -0.2) is 25.5 Å². The Labute approximate surface area is 119 Å². The molecule has 0 saturated heterocycles. The Kier molecular flexibility index (Phi) is 4.04. The molecule has 102 valence electrons. The average Bonchev–Trinajstić information content (AvgIpc) is 2.93. The van der Waals surface area contributed by atoms with Crippen LogP contribution in [-0.2, 0) is 20.1 Å². The van der Waals surface area contributed by atoms with E-state index in [2.05, 4.69) is 31.4 Å². The predicted molar refractivity (Wildman–Crippen MR) is 74.7 cm³/mol. The Hall–Kier alpha value is -1.63. The number of nitrogens with one attached hydrogen (secondary N) is 1. The molecule has 6 nitrogen and oxygen atoms in total. The van der Waals surface area contributed by atoms with E-state index in [4.69, 9.17) is 0 Å². The van der Waals surface area contributed by atoms with E-state index in [1.165, 1.54) is 0 Å². The highest BCUT2D eigenvalue weighted by Crippen LogP contribution is 2.19. The number of hydrogen-bond donors (Lipinski definition) is 1. The van der Waals surface area contributed by atoms with Gasteiger partial charge in [0.25, 0.3) is 5.91 Å². The second kappa shape index (κ2) is 5.56. The summed E-state index contributed by atoms with van der Waals surface area (Å²) in [5, 5.41) is 11.2. The molecule has 0 aromatic carbocycles. The second-order valence-corrected chi connectivity index (χ2v) is 5.05. The van der Waals surface area contributed by atoms with E-state index < -0.39 is 0 Å². The van der Waals surface area contributed by atoms with Crippen molar-refractivity contribution in [1.82, 2.24) is 24.9 Å². The Balaban J connectivity index is 2.05. The van der Waals surface area contributed by atoms with Gasteiger partial charge in [0.1, 0.15) is 5.69 Å². The summed E-state index contributed by atoms with van der Waals surface area (Å²) in [6.45, 7) is 5.15. The molecule has 0 atom stereocenters. The summed E-state index contributed by atoms with van der Waals surface area (Å²) in [5.41, 5.74) is 2.30. The maximum absolute atomic E-state index is 12.1. The van der Waals surface area contributed by atoms with Crippen LogP contribution in [0, 0.1) is 6.92 Å². The molecule has 0 spiro atoms. The van der Waals surface area contributed by atoms with E-state index in [0.717, 1.165) is 22.3 Å². The van der Waals surface area contributed by atoms with Gasteiger partial charge in [0, 0.05) is 31.9 Å². The summed E-state index contributed by atoms with van der Waals surface area (Å²) in [6, 6.07) is 0. The average molecular weight is 326 g/mol. The smallest absolute Gasteiger partial charge is 0.270 e. The van der Waals surface area contributed by atoms with E-state index in [9.17, 15) is 4.79 Å². The Morgan fingerprint density at radius 1 is 1.53 bits per heavy atom. The van der Waals surface area contributed by atoms with Gasteiger partial charge in [0.05, 0.1) is 16.4 Å². The van der Waals surface area contributed by atoms with Crippen molar-refractivity contribution in [2.75, 3.05) is 0 Å². The Bertz CT molecular complexity index is 601. The van der Waals surface area contributed by atoms with Crippen molar-refractivity contribution >= 4 is 21.8 Å². The van der Waals surface area contributed by atoms with Crippen molar-refractivity contribution in [3.8, 4) is 0 Å². The minimum absolute atomic E-state index is 0.153. The van der Waals surface area contributed by atoms with E-state index in [-0.39, 0.29) is 5.91 Å². The van der Waals surface area contributed by atoms with Gasteiger partial charge in [-0.25, -0.2) is 0 Å². The summed E-state index contributed by atoms with van der Waals surface area (Å²) < 4.78 is 4.13. The van der Waals surface area contributed by atoms with Crippen LogP contribution in [0.2, 0.25) is 0 Å². The molecule has 1 amide bonds. The van der Waals surface area contributed by atoms with Gasteiger partial charge in [-0.1, -0.05) is 0 Å². The van der Waals surface area contributed by atoms with Crippen LogP contribution in [0.5, 0.6) is 0 Å². The summed E-state index contributed by atoms with van der Waals surface area (Å²) in [7, 11) is 1.75. The summed E-state index contributed by atoms with van der Waals surface area (Å²) in [5.74, 6) is -0.153. The molecule has 0 radical (unpaired) electrons. The number of aryl methyl sites for hydroxylation is 3. The van der Waals surface area contributed by atoms with Gasteiger partial charge in [0.15, 0.2) is 0 Å². The van der Waals surface area contributed by atoms with Crippen LogP contribution in [0.3, 0.4) is 0 Å². The van der Waals surface area contributed by atoms with Crippen LogP contribution in [0.25, 0.3) is 0 Å². The van der Waals surface area contributed by atoms with E-state index in [1.807, 2.05) is 24.7 Å². The van der Waals surface area contributed by atoms with Crippen molar-refractivity contribution < 1.29 is 4.79 Å². The van der Waals surface area contributed by atoms with Crippen LogP contribution in [0.15, 0.2) is 16.9 Å². The first-order valence-electron chi connectivity index (χ1n) is 6.01. The summed E-state index contributed by atoms with van der Waals surface area (Å²) in [4.78, 5) is 12.1. The Morgan fingerprint density at radius 2 is 2.26 bits per heavy atom. The SMILES string of the molecule is CCn1cc(CNC(=O)c2c(Br)c(C)nn2C)cn1. The normalized spacial score (nSPS) is 10.7. The third-order valence-corrected chi connectivity index (χ3v) is 3.78. The number of carbonyl (C=O) groups excluding carboxylic acids is 1. The fourth-order valence-electron chi connectivity index (χ4n) is 1.82. The number of halogens is 1. The number of rotatable bonds is 4. The lowest BCUT2D eigenvalue weighted by Crippen LogP contribution is -2.25. The van der Waals surface area contributed by atoms with Gasteiger partial charge in [-0.3, -0.25) is 14.2 Å². The molecular weight excluding hydrogens is 310 g/mol. The van der Waals surface area contributed by atoms with Crippen molar-refractivity contribution in [1.29, 1.82) is 0 Å². The molecule has 2 rings (SSSR count). The summed E-state index contributed by atoms with van der Waals surface area (Å²) in [6.07, 6.45) is 3.68. The highest BCUT2D eigenvalue weighted by Gasteiger charge is 2.17. The van der Waals surface area contributed by atoms with Gasteiger partial charge in [-0.15, -0.1) is 0 Å². The van der Waals surface area contributed by atoms with Gasteiger partial charge >= 0.3 is 0 Å². The molecule has 1 N–H and O–H groups in total. The fraction of sp³-hybridized carbons (Fsp3) is 0.417. The molecule has 2 heterocycles. The lowest BCUT2D eigenvalue weighted by Gasteiger charge is -2.04. The third-order valence-electron chi connectivity index (χ3n) is 2.83. The monoisotopic (exact) mass is 325 g/mol. The number of carbonyl (C=O) groups is 1. The highest BCUT2D eigenvalue weighted by molar-refractivity contribution is 9.10. The van der Waals surface area contributed by atoms with E-state index in [1.54, 1.807) is 17.9 Å². The third kappa shape index (κ3) is 2.86. The van der Waals surface area contributed by atoms with Crippen molar-refractivity contribution in [2.24, 2.45) is 7.05 Å². The number of aromatic nitrogens is 4. The molecule has 0 aliphatic heterocycles. The number of nitrogens with zero attached hydrogens (tertiary/aromatic N) is 4. The molecule has 0 unspecified atom stereocenters. The fourth-order valence-corrected chi connectivity index (χ4v) is 2.33. The molecule has 2 aromatic heterocycles. The van der Waals surface area contributed by atoms with Gasteiger partial charge in [-0.2, -0.15) is 10.2 Å². The van der Waals surface area contributed by atoms with Crippen LogP contribution < -0.4 is 5.32 Å². The van der Waals surface area contributed by atoms with Crippen molar-refractivity contribution in [2.45, 2.75) is 26.9 Å². The van der Waals surface area contributed by atoms with E-state index in [0.29, 0.717) is 12.2 Å². The minimum Gasteiger partial charge on any atom is -0.346 e. The number of hydrogen-bond acceptors (Lipinski definition) is 3. The molecule has 0 saturated carbocycles.